The molecule has 6 heteroatoms. The lowest BCUT2D eigenvalue weighted by atomic mass is 10.0. The quantitative estimate of drug-likeness (QED) is 0.0262. The Morgan fingerprint density at radius 3 is 0.984 bits per heavy atom. The third kappa shape index (κ3) is 48.4. The summed E-state index contributed by atoms with van der Waals surface area (Å²) < 4.78 is 16.6. The van der Waals surface area contributed by atoms with E-state index in [4.69, 9.17) is 14.2 Å². The predicted octanol–water partition coefficient (Wildman–Crippen LogP) is 17.5. The van der Waals surface area contributed by atoms with Gasteiger partial charge in [0.15, 0.2) is 6.10 Å². The van der Waals surface area contributed by atoms with Gasteiger partial charge in [-0.15, -0.1) is 0 Å². The molecule has 62 heavy (non-hydrogen) atoms. The van der Waals surface area contributed by atoms with Crippen molar-refractivity contribution in [1.29, 1.82) is 0 Å². The van der Waals surface area contributed by atoms with Crippen molar-refractivity contribution in [2.75, 3.05) is 13.2 Å². The molecule has 6 nitrogen and oxygen atoms in total. The van der Waals surface area contributed by atoms with Crippen LogP contribution in [0.4, 0.5) is 0 Å². The maximum absolute atomic E-state index is 12.6. The Morgan fingerprint density at radius 1 is 0.323 bits per heavy atom. The van der Waals surface area contributed by atoms with Crippen LogP contribution in [0.15, 0.2) is 48.6 Å². The first-order chi connectivity index (χ1) is 30.5. The number of carbonyl (C=O) groups is 3. The molecule has 0 aliphatic rings. The van der Waals surface area contributed by atoms with E-state index in [1.54, 1.807) is 0 Å². The topological polar surface area (TPSA) is 78.9 Å². The first-order valence-corrected chi connectivity index (χ1v) is 26.6. The number of hydrogen-bond donors (Lipinski definition) is 0. The van der Waals surface area contributed by atoms with Crippen molar-refractivity contribution in [3.63, 3.8) is 0 Å². The van der Waals surface area contributed by atoms with Gasteiger partial charge in [-0.1, -0.05) is 223 Å². The Kier molecular flexibility index (Phi) is 48.8. The van der Waals surface area contributed by atoms with Gasteiger partial charge in [0.2, 0.25) is 0 Å². The van der Waals surface area contributed by atoms with Gasteiger partial charge in [-0.3, -0.25) is 14.4 Å². The molecule has 0 radical (unpaired) electrons. The van der Waals surface area contributed by atoms with E-state index in [2.05, 4.69) is 69.4 Å². The second-order valence-corrected chi connectivity index (χ2v) is 17.8. The lowest BCUT2D eigenvalue weighted by Crippen LogP contribution is -2.30. The molecule has 0 spiro atoms. The molecule has 0 fully saturated rings. The number of ether oxygens (including phenoxy) is 3. The van der Waals surface area contributed by atoms with Crippen LogP contribution in [0.25, 0.3) is 0 Å². The van der Waals surface area contributed by atoms with Crippen LogP contribution < -0.4 is 0 Å². The average Bonchev–Trinajstić information content (AvgIpc) is 3.27. The van der Waals surface area contributed by atoms with Gasteiger partial charge >= 0.3 is 17.9 Å². The van der Waals surface area contributed by atoms with Gasteiger partial charge in [0.05, 0.1) is 0 Å². The van der Waals surface area contributed by atoms with E-state index in [-0.39, 0.29) is 31.1 Å². The highest BCUT2D eigenvalue weighted by Crippen LogP contribution is 2.15. The number of unbranched alkanes of at least 4 members (excludes halogenated alkanes) is 29. The van der Waals surface area contributed by atoms with E-state index < -0.39 is 6.10 Å². The Bertz CT molecular complexity index is 1090. The molecular formula is C56H100O6. The smallest absolute Gasteiger partial charge is 0.306 e. The van der Waals surface area contributed by atoms with Crippen LogP contribution in [0, 0.1) is 0 Å². The van der Waals surface area contributed by atoms with Crippen LogP contribution >= 0.6 is 0 Å². The van der Waals surface area contributed by atoms with Crippen LogP contribution in [-0.2, 0) is 28.6 Å². The number of allylic oxidation sites excluding steroid dienone is 8. The van der Waals surface area contributed by atoms with Crippen molar-refractivity contribution >= 4 is 17.9 Å². The molecule has 360 valence electrons. The second kappa shape index (κ2) is 51.0. The molecule has 0 aliphatic carbocycles. The van der Waals surface area contributed by atoms with Gasteiger partial charge < -0.3 is 14.2 Å². The second-order valence-electron chi connectivity index (χ2n) is 17.8. The first kappa shape index (κ1) is 59.4. The predicted molar refractivity (Wildman–Crippen MR) is 265 cm³/mol. The van der Waals surface area contributed by atoms with Gasteiger partial charge in [-0.05, 0) is 77.0 Å². The highest BCUT2D eigenvalue weighted by atomic mass is 16.6. The van der Waals surface area contributed by atoms with Gasteiger partial charge in [0.25, 0.3) is 0 Å². The van der Waals surface area contributed by atoms with Gasteiger partial charge in [0.1, 0.15) is 13.2 Å². The summed E-state index contributed by atoms with van der Waals surface area (Å²) in [6.07, 6.45) is 61.6. The van der Waals surface area contributed by atoms with Crippen LogP contribution in [0.3, 0.4) is 0 Å². The molecule has 0 rings (SSSR count). The highest BCUT2D eigenvalue weighted by molar-refractivity contribution is 5.71. The van der Waals surface area contributed by atoms with Gasteiger partial charge in [-0.2, -0.15) is 0 Å². The van der Waals surface area contributed by atoms with Crippen LogP contribution in [0.1, 0.15) is 271 Å². The fourth-order valence-corrected chi connectivity index (χ4v) is 7.51. The zero-order valence-electron chi connectivity index (χ0n) is 41.1. The highest BCUT2D eigenvalue weighted by Gasteiger charge is 2.19. The molecule has 0 amide bonds. The molecule has 0 aromatic rings. The maximum Gasteiger partial charge on any atom is 0.306 e. The maximum atomic E-state index is 12.6. The Hall–Kier alpha value is -2.63. The summed E-state index contributed by atoms with van der Waals surface area (Å²) in [5.74, 6) is -0.897. The molecule has 0 heterocycles. The fourth-order valence-electron chi connectivity index (χ4n) is 7.51. The van der Waals surface area contributed by atoms with E-state index in [9.17, 15) is 14.4 Å². The summed E-state index contributed by atoms with van der Waals surface area (Å²) in [4.78, 5) is 37.5. The standard InChI is InChI=1S/C56H100O6/c1-4-7-10-13-15-17-19-20-21-22-23-24-25-26-27-28-29-30-31-32-33-34-35-36-37-39-40-43-46-49-55(58)61-52-53(51-60-54(57)48-45-42-12-9-6-3)62-56(59)50-47-44-41-38-18-16-14-11-8-5-2/h11,14,19-20,22-23,25-26,53H,4-10,12-13,15-18,21,24,27-52H2,1-3H3/b14-11-,20-19-,23-22-,26-25-. The fraction of sp³-hybridized carbons (Fsp3) is 0.804. The summed E-state index contributed by atoms with van der Waals surface area (Å²) in [6, 6.07) is 0. The van der Waals surface area contributed by atoms with E-state index in [1.807, 2.05) is 0 Å². The average molecular weight is 869 g/mol. The molecule has 1 unspecified atom stereocenters. The molecular weight excluding hydrogens is 769 g/mol. The van der Waals surface area contributed by atoms with E-state index >= 15 is 0 Å². The van der Waals surface area contributed by atoms with Crippen molar-refractivity contribution in [3.8, 4) is 0 Å². The first-order valence-electron chi connectivity index (χ1n) is 26.6. The summed E-state index contributed by atoms with van der Waals surface area (Å²) in [7, 11) is 0. The Balaban J connectivity index is 3.94. The Labute approximate surface area is 384 Å². The molecule has 1 atom stereocenters. The molecule has 0 saturated carbocycles. The summed E-state index contributed by atoms with van der Waals surface area (Å²) in [5, 5.41) is 0. The van der Waals surface area contributed by atoms with E-state index in [0.29, 0.717) is 19.3 Å². The molecule has 0 saturated heterocycles. The molecule has 0 aromatic carbocycles. The van der Waals surface area contributed by atoms with Crippen molar-refractivity contribution in [2.45, 2.75) is 277 Å². The minimum absolute atomic E-state index is 0.0756. The summed E-state index contributed by atoms with van der Waals surface area (Å²) in [6.45, 7) is 6.48. The molecule has 0 bridgehead atoms. The van der Waals surface area contributed by atoms with Gasteiger partial charge in [-0.25, -0.2) is 0 Å². The largest absolute Gasteiger partial charge is 0.462 e. The Morgan fingerprint density at radius 2 is 0.613 bits per heavy atom. The zero-order chi connectivity index (χ0) is 45.1. The minimum atomic E-state index is -0.770. The molecule has 0 N–H and O–H groups in total. The van der Waals surface area contributed by atoms with Gasteiger partial charge in [0, 0.05) is 19.3 Å². The third-order valence-corrected chi connectivity index (χ3v) is 11.5. The van der Waals surface area contributed by atoms with Crippen LogP contribution in [0.2, 0.25) is 0 Å². The van der Waals surface area contributed by atoms with E-state index in [1.165, 1.54) is 135 Å². The number of carbonyl (C=O) groups excluding carboxylic acids is 3. The lowest BCUT2D eigenvalue weighted by Gasteiger charge is -2.18. The van der Waals surface area contributed by atoms with Crippen molar-refractivity contribution in [2.24, 2.45) is 0 Å². The van der Waals surface area contributed by atoms with Crippen molar-refractivity contribution in [3.05, 3.63) is 48.6 Å². The molecule has 0 aromatic heterocycles. The zero-order valence-corrected chi connectivity index (χ0v) is 41.1. The van der Waals surface area contributed by atoms with Crippen molar-refractivity contribution in [1.82, 2.24) is 0 Å². The summed E-state index contributed by atoms with van der Waals surface area (Å²) in [5.41, 5.74) is 0. The van der Waals surface area contributed by atoms with Crippen LogP contribution in [0.5, 0.6) is 0 Å². The third-order valence-electron chi connectivity index (χ3n) is 11.5. The normalized spacial score (nSPS) is 12.4. The SMILES string of the molecule is CCC/C=C\CCCCCCCC(=O)OC(COC(=O)CCCCCCC)COC(=O)CCCCCCCCCCCCCCCC/C=C\C/C=C\C/C=C\CCCCCCC. The number of rotatable bonds is 48. The monoisotopic (exact) mass is 869 g/mol. The summed E-state index contributed by atoms with van der Waals surface area (Å²) >= 11 is 0. The number of hydrogen-bond acceptors (Lipinski definition) is 6. The van der Waals surface area contributed by atoms with Crippen molar-refractivity contribution < 1.29 is 28.6 Å². The minimum Gasteiger partial charge on any atom is -0.462 e. The lowest BCUT2D eigenvalue weighted by molar-refractivity contribution is -0.167. The number of esters is 3. The van der Waals surface area contributed by atoms with Crippen LogP contribution in [-0.4, -0.2) is 37.2 Å². The van der Waals surface area contributed by atoms with E-state index in [0.717, 1.165) is 96.3 Å². The molecule has 0 aliphatic heterocycles.